The van der Waals surface area contributed by atoms with Crippen molar-refractivity contribution in [3.05, 3.63) is 30.2 Å². The third-order valence-corrected chi connectivity index (χ3v) is 6.41. The molecule has 11 heteroatoms. The van der Waals surface area contributed by atoms with Crippen LogP contribution in [0.5, 0.6) is 5.88 Å². The summed E-state index contributed by atoms with van der Waals surface area (Å²) in [4.78, 5) is 16.6. The highest BCUT2D eigenvalue weighted by atomic mass is 127. The van der Waals surface area contributed by atoms with Crippen LogP contribution >= 0.6 is 28.4 Å². The molecule has 3 aromatic heterocycles. The Hall–Kier alpha value is -2.20. The van der Waals surface area contributed by atoms with Crippen molar-refractivity contribution in [2.24, 2.45) is 7.05 Å². The molecule has 186 valence electrons. The van der Waals surface area contributed by atoms with Crippen LogP contribution in [0.15, 0.2) is 18.8 Å². The lowest BCUT2D eigenvalue weighted by Crippen LogP contribution is -2.37. The van der Waals surface area contributed by atoms with Crippen LogP contribution in [0.4, 0.5) is 4.79 Å². The van der Waals surface area contributed by atoms with E-state index in [0.717, 1.165) is 33.5 Å². The van der Waals surface area contributed by atoms with E-state index in [-0.39, 0.29) is 12.6 Å². The van der Waals surface area contributed by atoms with Gasteiger partial charge in [-0.3, -0.25) is 4.98 Å². The molecule has 0 aromatic carbocycles. The smallest absolute Gasteiger partial charge is 0.407 e. The third kappa shape index (κ3) is 6.69. The number of rotatable bonds is 7. The molecule has 2 unspecified atom stereocenters. The molecule has 3 aromatic rings. The number of carbonyl (C=O) groups excluding carboxylic acids is 1. The first-order valence-corrected chi connectivity index (χ1v) is 15.2. The van der Waals surface area contributed by atoms with E-state index in [2.05, 4.69) is 49.1 Å². The molecule has 0 fully saturated rings. The molecule has 3 heterocycles. The first-order valence-electron chi connectivity index (χ1n) is 11.1. The number of aryl methyl sites for hydroxylation is 2. The quantitative estimate of drug-likeness (QED) is 0.268. The SMILES string of the molecule is C=Cc1nn(PI)c2cnc(-c3c(C)nn(C)c3OC(C)CNC(=O)OC(C)(C)C)cc12.CC. The molecular weight excluding hydrogens is 566 g/mol. The monoisotopic (exact) mass is 600 g/mol. The van der Waals surface area contributed by atoms with Gasteiger partial charge in [-0.25, -0.2) is 13.9 Å². The molecule has 0 saturated carbocycles. The maximum absolute atomic E-state index is 12.0. The number of hydrogen-bond donors (Lipinski definition) is 1. The van der Waals surface area contributed by atoms with Gasteiger partial charge in [0, 0.05) is 12.4 Å². The van der Waals surface area contributed by atoms with Crippen molar-refractivity contribution in [1.29, 1.82) is 0 Å². The lowest BCUT2D eigenvalue weighted by molar-refractivity contribution is 0.0503. The van der Waals surface area contributed by atoms with E-state index in [0.29, 0.717) is 12.3 Å². The zero-order valence-corrected chi connectivity index (χ0v) is 24.2. The first kappa shape index (κ1) is 28.0. The fourth-order valence-corrected chi connectivity index (χ4v) is 4.75. The Balaban J connectivity index is 0.00000199. The Bertz CT molecular complexity index is 1150. The highest BCUT2D eigenvalue weighted by Gasteiger charge is 2.22. The molecule has 0 aliphatic carbocycles. The number of alkyl carbamates (subject to hydrolysis) is 1. The van der Waals surface area contributed by atoms with E-state index in [9.17, 15) is 4.79 Å². The van der Waals surface area contributed by atoms with Crippen LogP contribution in [-0.2, 0) is 11.8 Å². The Morgan fingerprint density at radius 2 is 2.03 bits per heavy atom. The van der Waals surface area contributed by atoms with Crippen LogP contribution in [0.3, 0.4) is 0 Å². The van der Waals surface area contributed by atoms with Crippen LogP contribution < -0.4 is 10.1 Å². The van der Waals surface area contributed by atoms with Gasteiger partial charge >= 0.3 is 6.09 Å². The topological polar surface area (TPSA) is 96.1 Å². The summed E-state index contributed by atoms with van der Waals surface area (Å²) in [7, 11) is 1.82. The summed E-state index contributed by atoms with van der Waals surface area (Å²) in [5.74, 6) is 0.580. The fourth-order valence-electron chi connectivity index (χ4n) is 3.23. The van der Waals surface area contributed by atoms with Gasteiger partial charge in [0.05, 0.1) is 47.3 Å². The number of nitrogens with one attached hydrogen (secondary N) is 1. The van der Waals surface area contributed by atoms with Gasteiger partial charge in [-0.2, -0.15) is 10.2 Å². The third-order valence-electron chi connectivity index (χ3n) is 4.54. The van der Waals surface area contributed by atoms with Crippen molar-refractivity contribution in [3.63, 3.8) is 0 Å². The molecule has 1 N–H and O–H groups in total. The van der Waals surface area contributed by atoms with Gasteiger partial charge in [0.25, 0.3) is 0 Å². The van der Waals surface area contributed by atoms with Gasteiger partial charge in [-0.05, 0) is 68.8 Å². The second kappa shape index (κ2) is 12.0. The zero-order chi connectivity index (χ0) is 25.6. The van der Waals surface area contributed by atoms with Gasteiger partial charge in [-0.1, -0.05) is 20.4 Å². The average Bonchev–Trinajstić information content (AvgIpc) is 3.27. The maximum atomic E-state index is 12.0. The minimum absolute atomic E-state index is 0.287. The van der Waals surface area contributed by atoms with Crippen molar-refractivity contribution < 1.29 is 14.3 Å². The number of amides is 1. The molecule has 0 spiro atoms. The fraction of sp³-hybridized carbons (Fsp3) is 0.478. The number of halogens is 1. The van der Waals surface area contributed by atoms with Crippen LogP contribution in [-0.4, -0.2) is 48.7 Å². The molecule has 0 saturated heterocycles. The average molecular weight is 600 g/mol. The number of fused-ring (bicyclic) bond motifs is 1. The number of aromatic nitrogens is 5. The highest BCUT2D eigenvalue weighted by Crippen LogP contribution is 2.36. The Kier molecular flexibility index (Phi) is 9.87. The molecule has 3 rings (SSSR count). The van der Waals surface area contributed by atoms with E-state index in [1.165, 1.54) is 0 Å². The molecule has 0 radical (unpaired) electrons. The maximum Gasteiger partial charge on any atom is 0.407 e. The number of ether oxygens (including phenoxy) is 2. The summed E-state index contributed by atoms with van der Waals surface area (Å²) < 4.78 is 15.1. The Morgan fingerprint density at radius 3 is 2.62 bits per heavy atom. The van der Waals surface area contributed by atoms with Gasteiger partial charge in [0.1, 0.15) is 11.7 Å². The molecule has 9 nitrogen and oxygen atoms in total. The van der Waals surface area contributed by atoms with Crippen LogP contribution in [0.25, 0.3) is 28.2 Å². The van der Waals surface area contributed by atoms with Gasteiger partial charge in [0.15, 0.2) is 0 Å². The number of nitrogens with zero attached hydrogens (tertiary/aromatic N) is 5. The Morgan fingerprint density at radius 1 is 1.35 bits per heavy atom. The second-order valence-electron chi connectivity index (χ2n) is 8.37. The summed E-state index contributed by atoms with van der Waals surface area (Å²) in [6.45, 7) is 17.4. The molecule has 0 aliphatic heterocycles. The van der Waals surface area contributed by atoms with Crippen molar-refractivity contribution in [3.8, 4) is 17.1 Å². The van der Waals surface area contributed by atoms with Crippen LogP contribution in [0.2, 0.25) is 0 Å². The van der Waals surface area contributed by atoms with Gasteiger partial charge in [-0.15, -0.1) is 0 Å². The molecular formula is C23H34IN6O3P. The van der Waals surface area contributed by atoms with Crippen molar-refractivity contribution in [2.45, 2.75) is 60.2 Å². The van der Waals surface area contributed by atoms with E-state index in [1.807, 2.05) is 72.2 Å². The highest BCUT2D eigenvalue weighted by molar-refractivity contribution is 14.2. The molecule has 1 amide bonds. The molecule has 0 bridgehead atoms. The first-order chi connectivity index (χ1) is 16.0. The molecule has 2 atom stereocenters. The minimum atomic E-state index is -0.555. The predicted octanol–water partition coefficient (Wildman–Crippen LogP) is 5.89. The zero-order valence-electron chi connectivity index (χ0n) is 21.1. The minimum Gasteiger partial charge on any atom is -0.472 e. The van der Waals surface area contributed by atoms with E-state index in [4.69, 9.17) is 9.47 Å². The summed E-state index contributed by atoms with van der Waals surface area (Å²) in [5, 5.41) is 12.8. The largest absolute Gasteiger partial charge is 0.472 e. The van der Waals surface area contributed by atoms with Crippen LogP contribution in [0, 0.1) is 6.92 Å². The Labute approximate surface area is 216 Å². The van der Waals surface area contributed by atoms with Gasteiger partial charge < -0.3 is 14.8 Å². The van der Waals surface area contributed by atoms with Crippen LogP contribution in [0.1, 0.15) is 52.9 Å². The van der Waals surface area contributed by atoms with E-state index >= 15 is 0 Å². The lowest BCUT2D eigenvalue weighted by Gasteiger charge is -2.21. The lowest BCUT2D eigenvalue weighted by atomic mass is 10.1. The normalized spacial score (nSPS) is 12.4. The van der Waals surface area contributed by atoms with Crippen molar-refractivity contribution in [1.82, 2.24) is 29.6 Å². The van der Waals surface area contributed by atoms with E-state index < -0.39 is 11.7 Å². The summed E-state index contributed by atoms with van der Waals surface area (Å²) in [5.41, 5.74) is 3.55. The summed E-state index contributed by atoms with van der Waals surface area (Å²) >= 11 is 2.29. The molecule has 34 heavy (non-hydrogen) atoms. The van der Waals surface area contributed by atoms with E-state index in [1.54, 1.807) is 10.8 Å². The number of pyridine rings is 1. The standard InChI is InChI=1S/C21H28IN6O3P.C2H6/c1-8-15-14-9-16(23-11-17(14)28(26-15)32-22)18-13(3)25-27(7)19(18)30-12(2)10-24-20(29)31-21(4,5)6;1-2/h8-9,11-12,32H,1,10H2,2-7H3,(H,24,29);1-2H3. The van der Waals surface area contributed by atoms with Crippen molar-refractivity contribution in [2.75, 3.05) is 6.54 Å². The summed E-state index contributed by atoms with van der Waals surface area (Å²) in [6.07, 6.45) is 3.24. The molecule has 0 aliphatic rings. The van der Waals surface area contributed by atoms with Crippen molar-refractivity contribution >= 4 is 51.5 Å². The van der Waals surface area contributed by atoms with Gasteiger partial charge in [0.2, 0.25) is 5.88 Å². The number of hydrogen-bond acceptors (Lipinski definition) is 6. The predicted molar refractivity (Wildman–Crippen MR) is 148 cm³/mol. The summed E-state index contributed by atoms with van der Waals surface area (Å²) in [6, 6.07) is 1.99. The number of carbonyl (C=O) groups is 1. The second-order valence-corrected chi connectivity index (χ2v) is 10.4.